The second-order valence-corrected chi connectivity index (χ2v) is 7.31. The lowest BCUT2D eigenvalue weighted by Crippen LogP contribution is -2.49. The van der Waals surface area contributed by atoms with Gasteiger partial charge in [-0.2, -0.15) is 0 Å². The summed E-state index contributed by atoms with van der Waals surface area (Å²) in [5.41, 5.74) is 2.43. The number of fused-ring (bicyclic) bond motifs is 4. The summed E-state index contributed by atoms with van der Waals surface area (Å²) in [6.07, 6.45) is 5.17. The standard InChI is InChI=1S/C20H22O3/c1-12(2)20-9-8-13(3)10-17(20)23-18-14-6-4-5-7-16(14)22-19(21)15(18)11-20/h4-7,10,12,17H,8-9,11H2,1-3H3/t17-,20-/m0/s1. The summed E-state index contributed by atoms with van der Waals surface area (Å²) < 4.78 is 12.0. The highest BCUT2D eigenvalue weighted by atomic mass is 16.5. The second-order valence-electron chi connectivity index (χ2n) is 7.31. The van der Waals surface area contributed by atoms with Gasteiger partial charge in [-0.15, -0.1) is 0 Å². The van der Waals surface area contributed by atoms with Gasteiger partial charge in [0, 0.05) is 5.41 Å². The Hall–Kier alpha value is -2.03. The summed E-state index contributed by atoms with van der Waals surface area (Å²) in [5.74, 6) is 1.17. The van der Waals surface area contributed by atoms with Crippen molar-refractivity contribution in [1.82, 2.24) is 0 Å². The Balaban J connectivity index is 1.96. The first-order valence-corrected chi connectivity index (χ1v) is 8.40. The van der Waals surface area contributed by atoms with Gasteiger partial charge in [-0.3, -0.25) is 0 Å². The van der Waals surface area contributed by atoms with Gasteiger partial charge in [0.05, 0.1) is 10.9 Å². The topological polar surface area (TPSA) is 39.4 Å². The zero-order valence-electron chi connectivity index (χ0n) is 13.9. The van der Waals surface area contributed by atoms with Crippen LogP contribution in [0.3, 0.4) is 0 Å². The fourth-order valence-electron chi connectivity index (χ4n) is 4.14. The Morgan fingerprint density at radius 2 is 2.04 bits per heavy atom. The minimum absolute atomic E-state index is 0.0103. The van der Waals surface area contributed by atoms with Gasteiger partial charge in [0.1, 0.15) is 17.4 Å². The van der Waals surface area contributed by atoms with Crippen LogP contribution in [-0.4, -0.2) is 6.10 Å². The molecule has 0 saturated carbocycles. The number of ether oxygens (including phenoxy) is 1. The normalized spacial score (nSPS) is 26.4. The van der Waals surface area contributed by atoms with Crippen molar-refractivity contribution in [3.05, 3.63) is 51.9 Å². The molecule has 1 aliphatic heterocycles. The molecule has 120 valence electrons. The van der Waals surface area contributed by atoms with Crippen molar-refractivity contribution in [3.8, 4) is 5.75 Å². The van der Waals surface area contributed by atoms with E-state index in [-0.39, 0.29) is 17.1 Å². The zero-order valence-corrected chi connectivity index (χ0v) is 13.9. The van der Waals surface area contributed by atoms with Gasteiger partial charge in [-0.25, -0.2) is 4.79 Å². The Morgan fingerprint density at radius 3 is 2.83 bits per heavy atom. The maximum Gasteiger partial charge on any atom is 0.343 e. The Labute approximate surface area is 136 Å². The van der Waals surface area contributed by atoms with Crippen LogP contribution in [0.5, 0.6) is 5.75 Å². The molecular weight excluding hydrogens is 288 g/mol. The number of hydrogen-bond acceptors (Lipinski definition) is 3. The summed E-state index contributed by atoms with van der Waals surface area (Å²) in [7, 11) is 0. The van der Waals surface area contributed by atoms with Crippen molar-refractivity contribution in [2.75, 3.05) is 0 Å². The minimum Gasteiger partial charge on any atom is -0.484 e. The monoisotopic (exact) mass is 310 g/mol. The first-order valence-electron chi connectivity index (χ1n) is 8.40. The van der Waals surface area contributed by atoms with E-state index in [9.17, 15) is 4.79 Å². The summed E-state index contributed by atoms with van der Waals surface area (Å²) in [6.45, 7) is 6.64. The van der Waals surface area contributed by atoms with Gasteiger partial charge in [0.25, 0.3) is 0 Å². The van der Waals surface area contributed by atoms with E-state index < -0.39 is 0 Å². The van der Waals surface area contributed by atoms with Crippen molar-refractivity contribution in [3.63, 3.8) is 0 Å². The molecule has 2 atom stereocenters. The van der Waals surface area contributed by atoms with Crippen LogP contribution in [0.2, 0.25) is 0 Å². The molecule has 0 saturated heterocycles. The van der Waals surface area contributed by atoms with E-state index in [0.29, 0.717) is 17.1 Å². The third-order valence-electron chi connectivity index (χ3n) is 5.74. The molecule has 3 heteroatoms. The Bertz CT molecular complexity index is 859. The molecular formula is C20H22O3. The molecule has 4 rings (SSSR count). The zero-order chi connectivity index (χ0) is 16.2. The third-order valence-corrected chi connectivity index (χ3v) is 5.74. The smallest absolute Gasteiger partial charge is 0.343 e. The van der Waals surface area contributed by atoms with E-state index in [0.717, 1.165) is 30.4 Å². The fraction of sp³-hybridized carbons (Fsp3) is 0.450. The third kappa shape index (κ3) is 2.06. The number of hydrogen-bond donors (Lipinski definition) is 0. The number of para-hydroxylation sites is 1. The minimum atomic E-state index is -0.247. The van der Waals surface area contributed by atoms with Crippen molar-refractivity contribution in [1.29, 1.82) is 0 Å². The van der Waals surface area contributed by atoms with Gasteiger partial charge in [0.15, 0.2) is 0 Å². The van der Waals surface area contributed by atoms with Crippen LogP contribution >= 0.6 is 0 Å². The highest BCUT2D eigenvalue weighted by molar-refractivity contribution is 5.84. The lowest BCUT2D eigenvalue weighted by Gasteiger charge is -2.48. The number of rotatable bonds is 1. The lowest BCUT2D eigenvalue weighted by atomic mass is 9.62. The maximum atomic E-state index is 12.5. The largest absolute Gasteiger partial charge is 0.484 e. The summed E-state index contributed by atoms with van der Waals surface area (Å²) in [5, 5.41) is 0.899. The van der Waals surface area contributed by atoms with Crippen molar-refractivity contribution in [2.45, 2.75) is 46.1 Å². The predicted octanol–water partition coefficient (Wildman–Crippen LogP) is 4.48. The molecule has 0 fully saturated rings. The molecule has 2 aliphatic rings. The summed E-state index contributed by atoms with van der Waals surface area (Å²) >= 11 is 0. The average Bonchev–Trinajstić information content (AvgIpc) is 2.53. The molecule has 1 aliphatic carbocycles. The molecule has 2 heterocycles. The fourth-order valence-corrected chi connectivity index (χ4v) is 4.14. The highest BCUT2D eigenvalue weighted by Crippen LogP contribution is 2.50. The van der Waals surface area contributed by atoms with Crippen molar-refractivity contribution >= 4 is 11.0 Å². The first-order chi connectivity index (χ1) is 11.0. The van der Waals surface area contributed by atoms with Crippen LogP contribution in [0.1, 0.15) is 39.2 Å². The molecule has 23 heavy (non-hydrogen) atoms. The lowest BCUT2D eigenvalue weighted by molar-refractivity contribution is 0.00577. The molecule has 0 bridgehead atoms. The summed E-state index contributed by atoms with van der Waals surface area (Å²) in [6, 6.07) is 7.63. The van der Waals surface area contributed by atoms with Gasteiger partial charge in [-0.1, -0.05) is 31.6 Å². The molecule has 0 radical (unpaired) electrons. The Kier molecular flexibility index (Phi) is 3.15. The van der Waals surface area contributed by atoms with Crippen LogP contribution < -0.4 is 10.4 Å². The Morgan fingerprint density at radius 1 is 1.26 bits per heavy atom. The number of allylic oxidation sites excluding steroid dienone is 1. The van der Waals surface area contributed by atoms with E-state index in [2.05, 4.69) is 26.8 Å². The summed E-state index contributed by atoms with van der Waals surface area (Å²) in [4.78, 5) is 12.5. The van der Waals surface area contributed by atoms with Crippen molar-refractivity contribution < 1.29 is 9.15 Å². The van der Waals surface area contributed by atoms with Crippen LogP contribution in [-0.2, 0) is 6.42 Å². The molecule has 0 spiro atoms. The molecule has 0 amide bonds. The van der Waals surface area contributed by atoms with E-state index in [1.807, 2.05) is 24.3 Å². The van der Waals surface area contributed by atoms with Crippen molar-refractivity contribution in [2.24, 2.45) is 11.3 Å². The van der Waals surface area contributed by atoms with Gasteiger partial charge in [-0.05, 0) is 50.3 Å². The molecule has 0 N–H and O–H groups in total. The van der Waals surface area contributed by atoms with Gasteiger partial charge in [0.2, 0.25) is 0 Å². The maximum absolute atomic E-state index is 12.5. The van der Waals surface area contributed by atoms with Crippen LogP contribution in [0.4, 0.5) is 0 Å². The van der Waals surface area contributed by atoms with Gasteiger partial charge >= 0.3 is 5.63 Å². The van der Waals surface area contributed by atoms with E-state index >= 15 is 0 Å². The average molecular weight is 310 g/mol. The molecule has 1 aromatic heterocycles. The van der Waals surface area contributed by atoms with Gasteiger partial charge < -0.3 is 9.15 Å². The van der Waals surface area contributed by atoms with Crippen LogP contribution in [0, 0.1) is 11.3 Å². The number of benzene rings is 1. The SMILES string of the molecule is CC1=C[C@@H]2Oc3c(c(=O)oc4ccccc34)C[C@]2(C(C)C)CC1. The molecule has 2 aromatic rings. The van der Waals surface area contributed by atoms with E-state index in [4.69, 9.17) is 9.15 Å². The van der Waals surface area contributed by atoms with Crippen LogP contribution in [0.25, 0.3) is 11.0 Å². The second kappa shape index (κ2) is 4.98. The van der Waals surface area contributed by atoms with E-state index in [1.165, 1.54) is 5.57 Å². The molecule has 1 aromatic carbocycles. The van der Waals surface area contributed by atoms with Crippen LogP contribution in [0.15, 0.2) is 45.1 Å². The predicted molar refractivity (Wildman–Crippen MR) is 90.9 cm³/mol. The first kappa shape index (κ1) is 14.6. The highest BCUT2D eigenvalue weighted by Gasteiger charge is 2.48. The van der Waals surface area contributed by atoms with E-state index in [1.54, 1.807) is 0 Å². The molecule has 0 unspecified atom stereocenters. The quantitative estimate of drug-likeness (QED) is 0.576. The molecule has 3 nitrogen and oxygen atoms in total.